The third-order valence-corrected chi connectivity index (χ3v) is 2.48. The second-order valence-corrected chi connectivity index (χ2v) is 3.94. The summed E-state index contributed by atoms with van der Waals surface area (Å²) in [7, 11) is 0. The average Bonchev–Trinajstić information content (AvgIpc) is 2.77. The van der Waals surface area contributed by atoms with Crippen LogP contribution in [0.5, 0.6) is 0 Å². The minimum atomic E-state index is -1.000. The Balaban J connectivity index is 2.28. The Hall–Kier alpha value is -2.37. The fourth-order valence-electron chi connectivity index (χ4n) is 1.74. The number of hydrogen-bond acceptors (Lipinski definition) is 5. The summed E-state index contributed by atoms with van der Waals surface area (Å²) in [5, 5.41) is 15.7. The van der Waals surface area contributed by atoms with Gasteiger partial charge in [-0.1, -0.05) is 5.16 Å². The molecule has 2 aromatic rings. The van der Waals surface area contributed by atoms with Crippen molar-refractivity contribution in [1.29, 1.82) is 0 Å². The van der Waals surface area contributed by atoms with Gasteiger partial charge >= 0.3 is 5.97 Å². The summed E-state index contributed by atoms with van der Waals surface area (Å²) in [5.41, 5.74) is 1.62. The van der Waals surface area contributed by atoms with E-state index >= 15 is 0 Å². The van der Waals surface area contributed by atoms with Crippen molar-refractivity contribution in [1.82, 2.24) is 10.1 Å². The lowest BCUT2D eigenvalue weighted by molar-refractivity contribution is 0.0696. The van der Waals surface area contributed by atoms with Crippen LogP contribution in [0.15, 0.2) is 22.9 Å². The van der Waals surface area contributed by atoms with Gasteiger partial charge in [0, 0.05) is 11.8 Å². The molecule has 2 N–H and O–H groups in total. The molecule has 2 aromatic heterocycles. The number of aromatic carboxylic acids is 1. The number of nitrogens with one attached hydrogen (secondary N) is 1. The van der Waals surface area contributed by atoms with Crippen molar-refractivity contribution in [3.63, 3.8) is 0 Å². The third kappa shape index (κ3) is 2.48. The molecular formula is C12H13N3O3. The van der Waals surface area contributed by atoms with Crippen LogP contribution in [0, 0.1) is 13.8 Å². The number of carboxylic acids is 1. The Morgan fingerprint density at radius 3 is 2.89 bits per heavy atom. The summed E-state index contributed by atoms with van der Waals surface area (Å²) in [6, 6.07) is 3.44. The van der Waals surface area contributed by atoms with Crippen LogP contribution < -0.4 is 5.32 Å². The van der Waals surface area contributed by atoms with Gasteiger partial charge in [0.1, 0.15) is 11.4 Å². The van der Waals surface area contributed by atoms with E-state index in [-0.39, 0.29) is 5.56 Å². The molecule has 0 atom stereocenters. The lowest BCUT2D eigenvalue weighted by Crippen LogP contribution is -2.10. The summed E-state index contributed by atoms with van der Waals surface area (Å²) in [4.78, 5) is 15.4. The molecule has 2 rings (SSSR count). The lowest BCUT2D eigenvalue weighted by Gasteiger charge is -2.10. The number of aromatic nitrogens is 2. The summed E-state index contributed by atoms with van der Waals surface area (Å²) in [5.74, 6) is -0.0382. The molecule has 0 aliphatic heterocycles. The highest BCUT2D eigenvalue weighted by Gasteiger charge is 2.15. The highest BCUT2D eigenvalue weighted by atomic mass is 16.5. The van der Waals surface area contributed by atoms with Gasteiger partial charge in [-0.15, -0.1) is 0 Å². The molecule has 94 valence electrons. The molecule has 0 unspecified atom stereocenters. The molecule has 18 heavy (non-hydrogen) atoms. The molecule has 0 bridgehead atoms. The fraction of sp³-hybridized carbons (Fsp3) is 0.250. The molecule has 6 heteroatoms. The van der Waals surface area contributed by atoms with E-state index in [1.165, 1.54) is 6.20 Å². The molecule has 0 fully saturated rings. The average molecular weight is 247 g/mol. The number of carboxylic acid groups (broad SMARTS) is 1. The maximum Gasteiger partial charge on any atom is 0.339 e. The predicted octanol–water partition coefficient (Wildman–Crippen LogP) is 2.00. The van der Waals surface area contributed by atoms with Gasteiger partial charge in [-0.2, -0.15) is 0 Å². The predicted molar refractivity (Wildman–Crippen MR) is 64.5 cm³/mol. The van der Waals surface area contributed by atoms with Crippen molar-refractivity contribution in [3.8, 4) is 0 Å². The Kier molecular flexibility index (Phi) is 3.27. The van der Waals surface area contributed by atoms with Crippen LogP contribution in [0.25, 0.3) is 0 Å². The lowest BCUT2D eigenvalue weighted by atomic mass is 10.1. The zero-order chi connectivity index (χ0) is 13.1. The van der Waals surface area contributed by atoms with Crippen molar-refractivity contribution in [3.05, 3.63) is 40.9 Å². The second kappa shape index (κ2) is 4.87. The van der Waals surface area contributed by atoms with Crippen molar-refractivity contribution in [2.24, 2.45) is 0 Å². The van der Waals surface area contributed by atoms with Gasteiger partial charge in [0.25, 0.3) is 0 Å². The minimum absolute atomic E-state index is 0.181. The fourth-order valence-corrected chi connectivity index (χ4v) is 1.74. The van der Waals surface area contributed by atoms with Gasteiger partial charge in [-0.3, -0.25) is 0 Å². The van der Waals surface area contributed by atoms with Crippen LogP contribution in [0.4, 0.5) is 5.82 Å². The number of anilines is 1. The standard InChI is InChI=1S/C12H13N3O3/c1-7-5-8(2)15-11(10(7)12(16)17)13-6-9-3-4-14-18-9/h3-5H,6H2,1-2H3,(H,13,15)(H,16,17). The number of aryl methyl sites for hydroxylation is 2. The Morgan fingerprint density at radius 1 is 1.50 bits per heavy atom. The van der Waals surface area contributed by atoms with E-state index in [4.69, 9.17) is 4.52 Å². The molecule has 0 saturated heterocycles. The van der Waals surface area contributed by atoms with E-state index < -0.39 is 5.97 Å². The molecule has 2 heterocycles. The minimum Gasteiger partial charge on any atom is -0.478 e. The highest BCUT2D eigenvalue weighted by molar-refractivity contribution is 5.94. The van der Waals surface area contributed by atoms with Crippen LogP contribution in [0.3, 0.4) is 0 Å². The Morgan fingerprint density at radius 2 is 2.28 bits per heavy atom. The molecule has 0 aliphatic carbocycles. The van der Waals surface area contributed by atoms with Gasteiger partial charge in [0.05, 0.1) is 12.7 Å². The highest BCUT2D eigenvalue weighted by Crippen LogP contribution is 2.19. The van der Waals surface area contributed by atoms with Crippen molar-refractivity contribution >= 4 is 11.8 Å². The van der Waals surface area contributed by atoms with Crippen molar-refractivity contribution in [2.45, 2.75) is 20.4 Å². The maximum atomic E-state index is 11.2. The topological polar surface area (TPSA) is 88.2 Å². The van der Waals surface area contributed by atoms with Crippen LogP contribution in [0.2, 0.25) is 0 Å². The molecule has 0 spiro atoms. The van der Waals surface area contributed by atoms with E-state index in [9.17, 15) is 9.90 Å². The van der Waals surface area contributed by atoms with Crippen LogP contribution >= 0.6 is 0 Å². The molecule has 0 radical (unpaired) electrons. The number of pyridine rings is 1. The van der Waals surface area contributed by atoms with Crippen LogP contribution in [-0.2, 0) is 6.54 Å². The number of nitrogens with zero attached hydrogens (tertiary/aromatic N) is 2. The second-order valence-electron chi connectivity index (χ2n) is 3.94. The van der Waals surface area contributed by atoms with E-state index in [0.29, 0.717) is 23.7 Å². The van der Waals surface area contributed by atoms with E-state index in [1.54, 1.807) is 19.1 Å². The normalized spacial score (nSPS) is 10.3. The number of rotatable bonds is 4. The quantitative estimate of drug-likeness (QED) is 0.859. The van der Waals surface area contributed by atoms with E-state index in [1.807, 2.05) is 6.92 Å². The zero-order valence-electron chi connectivity index (χ0n) is 10.1. The van der Waals surface area contributed by atoms with Crippen molar-refractivity contribution < 1.29 is 14.4 Å². The monoisotopic (exact) mass is 247 g/mol. The Labute approximate surface area is 104 Å². The third-order valence-electron chi connectivity index (χ3n) is 2.48. The van der Waals surface area contributed by atoms with Gasteiger partial charge in [0.15, 0.2) is 5.76 Å². The smallest absolute Gasteiger partial charge is 0.339 e. The molecular weight excluding hydrogens is 234 g/mol. The number of hydrogen-bond donors (Lipinski definition) is 2. The van der Waals surface area contributed by atoms with Crippen LogP contribution in [0.1, 0.15) is 27.4 Å². The van der Waals surface area contributed by atoms with Gasteiger partial charge in [-0.25, -0.2) is 9.78 Å². The zero-order valence-corrected chi connectivity index (χ0v) is 10.1. The largest absolute Gasteiger partial charge is 0.478 e. The molecule has 0 amide bonds. The van der Waals surface area contributed by atoms with E-state index in [2.05, 4.69) is 15.5 Å². The van der Waals surface area contributed by atoms with Crippen molar-refractivity contribution in [2.75, 3.05) is 5.32 Å². The van der Waals surface area contributed by atoms with Gasteiger partial charge in [0.2, 0.25) is 0 Å². The molecule has 0 aliphatic rings. The first-order valence-electron chi connectivity index (χ1n) is 5.43. The summed E-state index contributed by atoms with van der Waals surface area (Å²) < 4.78 is 4.93. The summed E-state index contributed by atoms with van der Waals surface area (Å²) in [6.45, 7) is 3.91. The van der Waals surface area contributed by atoms with Crippen LogP contribution in [-0.4, -0.2) is 21.2 Å². The maximum absolute atomic E-state index is 11.2. The first-order chi connectivity index (χ1) is 8.58. The molecule has 6 nitrogen and oxygen atoms in total. The van der Waals surface area contributed by atoms with Gasteiger partial charge < -0.3 is 14.9 Å². The number of carbonyl (C=O) groups is 1. The summed E-state index contributed by atoms with van der Waals surface area (Å²) in [6.07, 6.45) is 1.53. The molecule has 0 aromatic carbocycles. The van der Waals surface area contributed by atoms with Gasteiger partial charge in [-0.05, 0) is 25.5 Å². The first-order valence-corrected chi connectivity index (χ1v) is 5.43. The first kappa shape index (κ1) is 12.1. The van der Waals surface area contributed by atoms with E-state index in [0.717, 1.165) is 5.69 Å². The SMILES string of the molecule is Cc1cc(C)c(C(=O)O)c(NCc2ccno2)n1. The molecule has 0 saturated carbocycles. The Bertz CT molecular complexity index is 564. The summed E-state index contributed by atoms with van der Waals surface area (Å²) >= 11 is 0.